The van der Waals surface area contributed by atoms with Crippen molar-refractivity contribution >= 4 is 28.8 Å². The Morgan fingerprint density at radius 1 is 1.22 bits per heavy atom. The van der Waals surface area contributed by atoms with E-state index < -0.39 is 0 Å². The molecule has 0 N–H and O–H groups in total. The normalized spacial score (nSPS) is 21.0. The van der Waals surface area contributed by atoms with Crippen molar-refractivity contribution in [3.8, 4) is 11.5 Å². The molecule has 3 heterocycles. The zero-order valence-electron chi connectivity index (χ0n) is 14.8. The zero-order chi connectivity index (χ0) is 18.4. The number of hydrogen-bond acceptors (Lipinski definition) is 5. The minimum atomic E-state index is -0.288. The van der Waals surface area contributed by atoms with Crippen molar-refractivity contribution in [2.45, 2.75) is 31.8 Å². The van der Waals surface area contributed by atoms with Crippen molar-refractivity contribution in [2.75, 3.05) is 18.2 Å². The van der Waals surface area contributed by atoms with Gasteiger partial charge in [-0.15, -0.1) is 11.3 Å². The van der Waals surface area contributed by atoms with Gasteiger partial charge in [-0.1, -0.05) is 6.07 Å². The molecule has 2 amide bonds. The molecule has 27 heavy (non-hydrogen) atoms. The van der Waals surface area contributed by atoms with Crippen LogP contribution >= 0.6 is 11.3 Å². The fraction of sp³-hybridized carbons (Fsp3) is 0.400. The summed E-state index contributed by atoms with van der Waals surface area (Å²) in [5, 5.41) is 2.03. The number of nitrogens with zero attached hydrogens (tertiary/aromatic N) is 2. The van der Waals surface area contributed by atoms with Crippen LogP contribution in [0.5, 0.6) is 11.5 Å². The first kappa shape index (κ1) is 16.6. The minimum absolute atomic E-state index is 0.0147. The van der Waals surface area contributed by atoms with Crippen molar-refractivity contribution in [1.29, 1.82) is 0 Å². The van der Waals surface area contributed by atoms with Crippen LogP contribution < -0.4 is 14.4 Å². The molecule has 6 nitrogen and oxygen atoms in total. The average molecular weight is 384 g/mol. The highest BCUT2D eigenvalue weighted by Gasteiger charge is 2.41. The van der Waals surface area contributed by atoms with E-state index in [9.17, 15) is 9.59 Å². The van der Waals surface area contributed by atoms with Gasteiger partial charge in [0.15, 0.2) is 11.5 Å². The number of carbonyl (C=O) groups is 2. The second-order valence-electron chi connectivity index (χ2n) is 7.22. The first-order valence-electron chi connectivity index (χ1n) is 9.22. The van der Waals surface area contributed by atoms with Crippen LogP contribution in [0.1, 0.15) is 24.1 Å². The van der Waals surface area contributed by atoms with Crippen LogP contribution in [0, 0.1) is 5.92 Å². The Bertz CT molecular complexity index is 878. The van der Waals surface area contributed by atoms with Gasteiger partial charge >= 0.3 is 0 Å². The lowest BCUT2D eigenvalue weighted by Gasteiger charge is -2.25. The molecule has 1 atom stereocenters. The van der Waals surface area contributed by atoms with Crippen LogP contribution in [0.4, 0.5) is 5.69 Å². The van der Waals surface area contributed by atoms with Crippen molar-refractivity contribution in [3.63, 3.8) is 0 Å². The van der Waals surface area contributed by atoms with E-state index in [0.717, 1.165) is 18.5 Å². The first-order chi connectivity index (χ1) is 13.2. The third kappa shape index (κ3) is 3.16. The molecule has 0 spiro atoms. The van der Waals surface area contributed by atoms with Crippen molar-refractivity contribution in [3.05, 3.63) is 40.6 Å². The maximum absolute atomic E-state index is 13.2. The van der Waals surface area contributed by atoms with Crippen LogP contribution in [-0.4, -0.2) is 36.1 Å². The number of carbonyl (C=O) groups excluding carboxylic acids is 2. The van der Waals surface area contributed by atoms with E-state index in [1.54, 1.807) is 16.2 Å². The summed E-state index contributed by atoms with van der Waals surface area (Å²) in [5.41, 5.74) is 0.760. The van der Waals surface area contributed by atoms with E-state index >= 15 is 0 Å². The van der Waals surface area contributed by atoms with Crippen molar-refractivity contribution in [1.82, 2.24) is 4.90 Å². The monoisotopic (exact) mass is 384 g/mol. The molecule has 0 bridgehead atoms. The summed E-state index contributed by atoms with van der Waals surface area (Å²) in [7, 11) is 0. The predicted molar refractivity (Wildman–Crippen MR) is 101 cm³/mol. The second-order valence-corrected chi connectivity index (χ2v) is 8.25. The lowest BCUT2D eigenvalue weighted by atomic mass is 10.1. The van der Waals surface area contributed by atoms with E-state index in [-0.39, 0.29) is 30.9 Å². The van der Waals surface area contributed by atoms with Gasteiger partial charge in [0.2, 0.25) is 18.6 Å². The van der Waals surface area contributed by atoms with Gasteiger partial charge in [0.05, 0.1) is 12.5 Å². The van der Waals surface area contributed by atoms with E-state index in [1.807, 2.05) is 34.5 Å². The highest BCUT2D eigenvalue weighted by atomic mass is 32.1. The van der Waals surface area contributed by atoms with Gasteiger partial charge in [-0.05, 0) is 36.4 Å². The van der Waals surface area contributed by atoms with Crippen LogP contribution in [0.25, 0.3) is 0 Å². The van der Waals surface area contributed by atoms with E-state index in [4.69, 9.17) is 9.47 Å². The number of rotatable bonds is 5. The molecule has 1 aromatic heterocycles. The molecule has 1 aliphatic carbocycles. The van der Waals surface area contributed by atoms with Crippen LogP contribution in [0.3, 0.4) is 0 Å². The summed E-state index contributed by atoms with van der Waals surface area (Å²) in [6.07, 6.45) is 2.38. The quantitative estimate of drug-likeness (QED) is 0.795. The number of thiophene rings is 1. The summed E-state index contributed by atoms with van der Waals surface area (Å²) in [6.45, 7) is 1.27. The van der Waals surface area contributed by atoms with Gasteiger partial charge in [0.1, 0.15) is 0 Å². The number of anilines is 1. The molecule has 2 aromatic rings. The van der Waals surface area contributed by atoms with Crippen molar-refractivity contribution in [2.24, 2.45) is 5.92 Å². The predicted octanol–water partition coefficient (Wildman–Crippen LogP) is 3.02. The summed E-state index contributed by atoms with van der Waals surface area (Å²) in [5.74, 6) is 1.13. The lowest BCUT2D eigenvalue weighted by Crippen LogP contribution is -2.38. The van der Waals surface area contributed by atoms with E-state index in [1.165, 1.54) is 4.88 Å². The highest BCUT2D eigenvalue weighted by molar-refractivity contribution is 7.09. The lowest BCUT2D eigenvalue weighted by molar-refractivity contribution is -0.137. The van der Waals surface area contributed by atoms with Crippen LogP contribution in [0.2, 0.25) is 0 Å². The maximum Gasteiger partial charge on any atom is 0.231 e. The molecular formula is C20H20N2O4S. The summed E-state index contributed by atoms with van der Waals surface area (Å²) < 4.78 is 10.7. The summed E-state index contributed by atoms with van der Waals surface area (Å²) in [4.78, 5) is 30.6. The topological polar surface area (TPSA) is 59.1 Å². The first-order valence-corrected chi connectivity index (χ1v) is 10.1. The fourth-order valence-electron chi connectivity index (χ4n) is 3.75. The molecule has 140 valence electrons. The number of ether oxygens (including phenoxy) is 2. The van der Waals surface area contributed by atoms with Crippen LogP contribution in [-0.2, 0) is 16.1 Å². The van der Waals surface area contributed by atoms with Gasteiger partial charge in [-0.2, -0.15) is 0 Å². The molecular weight excluding hydrogens is 364 g/mol. The molecule has 1 saturated carbocycles. The van der Waals surface area contributed by atoms with Crippen LogP contribution in [0.15, 0.2) is 35.7 Å². The number of amides is 2. The molecule has 0 radical (unpaired) electrons. The zero-order valence-corrected chi connectivity index (χ0v) is 15.6. The number of hydrogen-bond donors (Lipinski definition) is 0. The molecule has 5 rings (SSSR count). The molecule has 7 heteroatoms. The summed E-state index contributed by atoms with van der Waals surface area (Å²) >= 11 is 1.67. The Kier molecular flexibility index (Phi) is 4.04. The van der Waals surface area contributed by atoms with Gasteiger partial charge < -0.3 is 19.3 Å². The minimum Gasteiger partial charge on any atom is -0.454 e. The fourth-order valence-corrected chi connectivity index (χ4v) is 4.46. The van der Waals surface area contributed by atoms with Crippen molar-refractivity contribution < 1.29 is 19.1 Å². The van der Waals surface area contributed by atoms with Gasteiger partial charge in [0.25, 0.3) is 0 Å². The standard InChI is InChI=1S/C20H20N2O4S/c23-19-8-13(10-21(19)15-5-6-17-18(9-15)26-12-25-17)20(24)22(14-3-4-14)11-16-2-1-7-27-16/h1-2,5-7,9,13-14H,3-4,8,10-12H2. The van der Waals surface area contributed by atoms with Gasteiger partial charge in [-0.25, -0.2) is 0 Å². The number of fused-ring (bicyclic) bond motifs is 1. The second kappa shape index (κ2) is 6.56. The van der Waals surface area contributed by atoms with E-state index in [0.29, 0.717) is 30.6 Å². The number of benzene rings is 1. The molecule has 1 saturated heterocycles. The molecule has 1 aromatic carbocycles. The Hall–Kier alpha value is -2.54. The molecule has 2 aliphatic heterocycles. The average Bonchev–Trinajstić information content (AvgIpc) is 3.08. The molecule has 3 aliphatic rings. The Labute approximate surface area is 161 Å². The Balaban J connectivity index is 1.32. The van der Waals surface area contributed by atoms with E-state index in [2.05, 4.69) is 6.07 Å². The SMILES string of the molecule is O=C1CC(C(=O)N(Cc2cccs2)C2CC2)CN1c1ccc2c(c1)OCO2. The highest BCUT2D eigenvalue weighted by Crippen LogP contribution is 2.38. The largest absolute Gasteiger partial charge is 0.454 e. The third-order valence-corrected chi connectivity index (χ3v) is 6.18. The molecule has 1 unspecified atom stereocenters. The van der Waals surface area contributed by atoms with Gasteiger partial charge in [-0.3, -0.25) is 9.59 Å². The smallest absolute Gasteiger partial charge is 0.231 e. The summed E-state index contributed by atoms with van der Waals surface area (Å²) in [6, 6.07) is 9.88. The van der Waals surface area contributed by atoms with Gasteiger partial charge in [0, 0.05) is 35.6 Å². The maximum atomic E-state index is 13.2. The Morgan fingerprint density at radius 3 is 2.85 bits per heavy atom. The Morgan fingerprint density at radius 2 is 2.07 bits per heavy atom. The molecule has 2 fully saturated rings. The third-order valence-electron chi connectivity index (χ3n) is 5.32.